The van der Waals surface area contributed by atoms with Gasteiger partial charge in [0.1, 0.15) is 5.82 Å². The molecule has 0 amide bonds. The summed E-state index contributed by atoms with van der Waals surface area (Å²) in [4.78, 5) is 22.8. The predicted octanol–water partition coefficient (Wildman–Crippen LogP) is 4.23. The molecule has 1 N–H and O–H groups in total. The lowest BCUT2D eigenvalue weighted by Crippen LogP contribution is -2.25. The normalized spacial score (nSPS) is 15.8. The summed E-state index contributed by atoms with van der Waals surface area (Å²) in [5.41, 5.74) is 4.25. The lowest BCUT2D eigenvalue weighted by molar-refractivity contribution is 0.0697. The zero-order chi connectivity index (χ0) is 18.3. The molecular weight excluding hydrogens is 326 g/mol. The van der Waals surface area contributed by atoms with E-state index in [0.29, 0.717) is 11.4 Å². The number of nitrogens with zero attached hydrogens (tertiary/aromatic N) is 3. The van der Waals surface area contributed by atoms with Crippen LogP contribution in [0.3, 0.4) is 0 Å². The van der Waals surface area contributed by atoms with Crippen LogP contribution in [0.5, 0.6) is 0 Å². The molecule has 0 radical (unpaired) electrons. The van der Waals surface area contributed by atoms with Crippen LogP contribution in [0, 0.1) is 6.92 Å². The van der Waals surface area contributed by atoms with Crippen LogP contribution in [0.25, 0.3) is 11.4 Å². The summed E-state index contributed by atoms with van der Waals surface area (Å²) in [6.45, 7) is 4.09. The van der Waals surface area contributed by atoms with Crippen molar-refractivity contribution in [2.45, 2.75) is 26.3 Å². The molecule has 0 spiro atoms. The van der Waals surface area contributed by atoms with Gasteiger partial charge in [-0.2, -0.15) is 0 Å². The average Bonchev–Trinajstić information content (AvgIpc) is 2.96. The molecule has 2 heterocycles. The number of fused-ring (bicyclic) bond motifs is 1. The SMILES string of the molecule is Cc1cc(N2c3ccc(C(=O)O)cc3CC2C)nc(-c2ccccc2)n1. The van der Waals surface area contributed by atoms with Gasteiger partial charge in [-0.3, -0.25) is 0 Å². The number of hydrogen-bond donors (Lipinski definition) is 1. The van der Waals surface area contributed by atoms with Gasteiger partial charge in [0.2, 0.25) is 0 Å². The first-order valence-corrected chi connectivity index (χ1v) is 8.59. The van der Waals surface area contributed by atoms with E-state index in [0.717, 1.165) is 34.7 Å². The fourth-order valence-corrected chi connectivity index (χ4v) is 3.50. The molecule has 1 aromatic heterocycles. The van der Waals surface area contributed by atoms with Crippen molar-refractivity contribution in [2.75, 3.05) is 4.90 Å². The Hall–Kier alpha value is -3.21. The second-order valence-electron chi connectivity index (χ2n) is 6.63. The van der Waals surface area contributed by atoms with Crippen molar-refractivity contribution < 1.29 is 9.90 Å². The van der Waals surface area contributed by atoms with E-state index in [2.05, 4.69) is 16.8 Å². The van der Waals surface area contributed by atoms with Gasteiger partial charge in [-0.25, -0.2) is 14.8 Å². The van der Waals surface area contributed by atoms with Gasteiger partial charge in [0.15, 0.2) is 5.82 Å². The number of aryl methyl sites for hydroxylation is 1. The van der Waals surface area contributed by atoms with Gasteiger partial charge in [-0.05, 0) is 44.0 Å². The van der Waals surface area contributed by atoms with E-state index in [9.17, 15) is 9.90 Å². The zero-order valence-electron chi connectivity index (χ0n) is 14.7. The summed E-state index contributed by atoms with van der Waals surface area (Å²) in [6.07, 6.45) is 0.792. The van der Waals surface area contributed by atoms with Crippen molar-refractivity contribution in [2.24, 2.45) is 0 Å². The highest BCUT2D eigenvalue weighted by atomic mass is 16.4. The van der Waals surface area contributed by atoms with Crippen molar-refractivity contribution in [3.63, 3.8) is 0 Å². The van der Waals surface area contributed by atoms with Gasteiger partial charge < -0.3 is 10.0 Å². The number of rotatable bonds is 3. The van der Waals surface area contributed by atoms with Crippen molar-refractivity contribution >= 4 is 17.5 Å². The Morgan fingerprint density at radius 3 is 2.62 bits per heavy atom. The third-order valence-corrected chi connectivity index (χ3v) is 4.66. The van der Waals surface area contributed by atoms with E-state index >= 15 is 0 Å². The first-order valence-electron chi connectivity index (χ1n) is 8.59. The highest BCUT2D eigenvalue weighted by molar-refractivity contribution is 5.89. The Bertz CT molecular complexity index is 986. The maximum atomic E-state index is 11.2. The van der Waals surface area contributed by atoms with E-state index < -0.39 is 5.97 Å². The summed E-state index contributed by atoms with van der Waals surface area (Å²) in [5.74, 6) is 0.636. The molecule has 1 aliphatic heterocycles. The van der Waals surface area contributed by atoms with Crippen molar-refractivity contribution in [1.82, 2.24) is 9.97 Å². The van der Waals surface area contributed by atoms with Crippen LogP contribution >= 0.6 is 0 Å². The summed E-state index contributed by atoms with van der Waals surface area (Å²) >= 11 is 0. The van der Waals surface area contributed by atoms with Gasteiger partial charge in [0.25, 0.3) is 0 Å². The lowest BCUT2D eigenvalue weighted by atomic mass is 10.1. The molecule has 0 saturated carbocycles. The Labute approximate surface area is 152 Å². The first-order chi connectivity index (χ1) is 12.5. The molecule has 1 unspecified atom stereocenters. The maximum absolute atomic E-state index is 11.2. The summed E-state index contributed by atoms with van der Waals surface area (Å²) < 4.78 is 0. The molecule has 1 aliphatic rings. The van der Waals surface area contributed by atoms with Crippen molar-refractivity contribution in [1.29, 1.82) is 0 Å². The molecule has 1 atom stereocenters. The van der Waals surface area contributed by atoms with Gasteiger partial charge >= 0.3 is 5.97 Å². The number of hydrogen-bond acceptors (Lipinski definition) is 4. The Morgan fingerprint density at radius 2 is 1.88 bits per heavy atom. The molecule has 5 heteroatoms. The molecule has 0 bridgehead atoms. The fraction of sp³-hybridized carbons (Fsp3) is 0.190. The van der Waals surface area contributed by atoms with Crippen LogP contribution in [0.15, 0.2) is 54.6 Å². The van der Waals surface area contributed by atoms with Crippen LogP contribution in [0.4, 0.5) is 11.5 Å². The number of carboxylic acid groups (broad SMARTS) is 1. The minimum absolute atomic E-state index is 0.201. The van der Waals surface area contributed by atoms with Crippen LogP contribution in [0.1, 0.15) is 28.5 Å². The first kappa shape index (κ1) is 16.3. The highest BCUT2D eigenvalue weighted by Crippen LogP contribution is 2.38. The number of aromatic nitrogens is 2. The zero-order valence-corrected chi connectivity index (χ0v) is 14.7. The lowest BCUT2D eigenvalue weighted by Gasteiger charge is -2.24. The van der Waals surface area contributed by atoms with E-state index in [1.807, 2.05) is 49.4 Å². The third-order valence-electron chi connectivity index (χ3n) is 4.66. The van der Waals surface area contributed by atoms with Crippen LogP contribution in [0.2, 0.25) is 0 Å². The Morgan fingerprint density at radius 1 is 1.12 bits per heavy atom. The summed E-state index contributed by atoms with van der Waals surface area (Å²) in [6, 6.07) is 17.4. The van der Waals surface area contributed by atoms with Crippen LogP contribution in [-0.4, -0.2) is 27.1 Å². The monoisotopic (exact) mass is 345 g/mol. The second-order valence-corrected chi connectivity index (χ2v) is 6.63. The van der Waals surface area contributed by atoms with E-state index in [-0.39, 0.29) is 6.04 Å². The molecule has 2 aromatic carbocycles. The number of carbonyl (C=O) groups is 1. The second kappa shape index (κ2) is 6.26. The molecule has 3 aromatic rings. The largest absolute Gasteiger partial charge is 0.478 e. The van der Waals surface area contributed by atoms with Gasteiger partial charge in [-0.15, -0.1) is 0 Å². The van der Waals surface area contributed by atoms with Crippen LogP contribution in [-0.2, 0) is 6.42 Å². The Balaban J connectivity index is 1.79. The molecule has 5 nitrogen and oxygen atoms in total. The molecule has 26 heavy (non-hydrogen) atoms. The standard InChI is InChI=1S/C21H19N3O2/c1-13-10-19(23-20(22-13)15-6-4-3-5-7-15)24-14(2)11-17-12-16(21(25)26)8-9-18(17)24/h3-10,12,14H,11H2,1-2H3,(H,25,26). The molecule has 4 rings (SSSR count). The van der Waals surface area contributed by atoms with Crippen LogP contribution < -0.4 is 4.90 Å². The molecule has 130 valence electrons. The van der Waals surface area contributed by atoms with Crippen molar-refractivity contribution in [3.8, 4) is 11.4 Å². The molecular formula is C21H19N3O2. The Kier molecular flexibility index (Phi) is 3.92. The van der Waals surface area contributed by atoms with E-state index in [4.69, 9.17) is 4.98 Å². The highest BCUT2D eigenvalue weighted by Gasteiger charge is 2.29. The molecule has 0 fully saturated rings. The number of carboxylic acids is 1. The number of anilines is 2. The van der Waals surface area contributed by atoms with Gasteiger partial charge in [-0.1, -0.05) is 30.3 Å². The summed E-state index contributed by atoms with van der Waals surface area (Å²) in [5, 5.41) is 9.23. The average molecular weight is 345 g/mol. The smallest absolute Gasteiger partial charge is 0.335 e. The van der Waals surface area contributed by atoms with E-state index in [1.54, 1.807) is 12.1 Å². The fourth-order valence-electron chi connectivity index (χ4n) is 3.50. The summed E-state index contributed by atoms with van der Waals surface area (Å²) in [7, 11) is 0. The minimum Gasteiger partial charge on any atom is -0.478 e. The predicted molar refractivity (Wildman–Crippen MR) is 101 cm³/mol. The van der Waals surface area contributed by atoms with Gasteiger partial charge in [0, 0.05) is 29.1 Å². The molecule has 0 saturated heterocycles. The number of benzene rings is 2. The molecule has 0 aliphatic carbocycles. The van der Waals surface area contributed by atoms with E-state index in [1.165, 1.54) is 0 Å². The van der Waals surface area contributed by atoms with Crippen molar-refractivity contribution in [3.05, 3.63) is 71.4 Å². The van der Waals surface area contributed by atoms with Gasteiger partial charge in [0.05, 0.1) is 5.56 Å². The maximum Gasteiger partial charge on any atom is 0.335 e. The number of aromatic carboxylic acids is 1. The quantitative estimate of drug-likeness (QED) is 0.769. The minimum atomic E-state index is -0.900. The third kappa shape index (κ3) is 2.81. The topological polar surface area (TPSA) is 66.3 Å².